The molecule has 0 saturated heterocycles. The van der Waals surface area contributed by atoms with E-state index in [0.29, 0.717) is 0 Å². The van der Waals surface area contributed by atoms with Crippen LogP contribution in [0.1, 0.15) is 20.3 Å². The van der Waals surface area contributed by atoms with Crippen molar-refractivity contribution in [1.29, 1.82) is 0 Å². The highest BCUT2D eigenvalue weighted by Crippen LogP contribution is 1.89. The first-order valence-corrected chi connectivity index (χ1v) is 3.62. The van der Waals surface area contributed by atoms with E-state index in [4.69, 9.17) is 0 Å². The van der Waals surface area contributed by atoms with E-state index in [0.717, 1.165) is 19.5 Å². The Morgan fingerprint density at radius 1 is 1.40 bits per heavy atom. The lowest BCUT2D eigenvalue weighted by atomic mass is 10.4. The van der Waals surface area contributed by atoms with Gasteiger partial charge in [-0.1, -0.05) is 13.8 Å². The van der Waals surface area contributed by atoms with Crippen LogP contribution < -0.4 is 0 Å². The number of carbonyl (C=O) groups excluding carboxylic acids is 1. The standard InChI is InChI=1S/C7H14NO2/c1-3-5-8(4-2)6-7(9)10/h3-6H2,1-2H3. The number of carbonyl (C=O) groups is 1. The number of hydrogen-bond donors (Lipinski definition) is 0. The number of nitrogens with zero attached hydrogens (tertiary/aromatic N) is 1. The fourth-order valence-corrected chi connectivity index (χ4v) is 0.848. The zero-order valence-corrected chi connectivity index (χ0v) is 6.59. The predicted octanol–water partition coefficient (Wildman–Crippen LogP) is 0.675. The molecule has 0 spiro atoms. The zero-order chi connectivity index (χ0) is 7.98. The van der Waals surface area contributed by atoms with E-state index in [1.54, 1.807) is 0 Å². The van der Waals surface area contributed by atoms with Crippen LogP contribution in [0.4, 0.5) is 0 Å². The maximum absolute atomic E-state index is 10.1. The Hall–Kier alpha value is -0.570. The van der Waals surface area contributed by atoms with Crippen LogP contribution in [0.3, 0.4) is 0 Å². The smallest absolute Gasteiger partial charge is 0.293 e. The number of likely N-dealkylation sites (N-methyl/N-ethyl adjacent to an activating group) is 1. The van der Waals surface area contributed by atoms with Crippen LogP contribution in [0.2, 0.25) is 0 Å². The summed E-state index contributed by atoms with van der Waals surface area (Å²) in [4.78, 5) is 11.9. The van der Waals surface area contributed by atoms with E-state index in [9.17, 15) is 9.90 Å². The molecule has 1 radical (unpaired) electrons. The molecule has 0 rings (SSSR count). The molecular weight excluding hydrogens is 130 g/mol. The molecule has 59 valence electrons. The van der Waals surface area contributed by atoms with Gasteiger partial charge < -0.3 is 0 Å². The summed E-state index contributed by atoms with van der Waals surface area (Å²) in [5.41, 5.74) is 0. The molecule has 0 amide bonds. The van der Waals surface area contributed by atoms with Crippen LogP contribution in [0.5, 0.6) is 0 Å². The van der Waals surface area contributed by atoms with Crippen molar-refractivity contribution in [2.75, 3.05) is 19.6 Å². The normalized spacial score (nSPS) is 10.3. The van der Waals surface area contributed by atoms with E-state index in [2.05, 4.69) is 0 Å². The molecule has 0 aliphatic heterocycles. The molecule has 0 atom stereocenters. The largest absolute Gasteiger partial charge is 0.369 e. The summed E-state index contributed by atoms with van der Waals surface area (Å²) in [5, 5.41) is 10.1. The molecule has 3 nitrogen and oxygen atoms in total. The Bertz CT molecular complexity index is 104. The van der Waals surface area contributed by atoms with Crippen LogP contribution in [-0.4, -0.2) is 30.5 Å². The van der Waals surface area contributed by atoms with Gasteiger partial charge in [0.05, 0.1) is 0 Å². The van der Waals surface area contributed by atoms with Crippen LogP contribution in [0.15, 0.2) is 0 Å². The molecule has 0 fully saturated rings. The lowest BCUT2D eigenvalue weighted by molar-refractivity contribution is -0.144. The Morgan fingerprint density at radius 2 is 2.00 bits per heavy atom. The topological polar surface area (TPSA) is 40.2 Å². The van der Waals surface area contributed by atoms with E-state index in [-0.39, 0.29) is 6.54 Å². The summed E-state index contributed by atoms with van der Waals surface area (Å²) in [6.07, 6.45) is 0.987. The summed E-state index contributed by atoms with van der Waals surface area (Å²) in [6.45, 7) is 5.65. The molecule has 10 heavy (non-hydrogen) atoms. The third-order valence-corrected chi connectivity index (χ3v) is 1.34. The Kier molecular flexibility index (Phi) is 4.94. The number of rotatable bonds is 5. The van der Waals surface area contributed by atoms with Crippen molar-refractivity contribution in [3.05, 3.63) is 0 Å². The average Bonchev–Trinajstić information content (AvgIpc) is 1.86. The van der Waals surface area contributed by atoms with Gasteiger partial charge in [-0.25, -0.2) is 9.90 Å². The third kappa shape index (κ3) is 4.32. The van der Waals surface area contributed by atoms with E-state index in [1.165, 1.54) is 0 Å². The van der Waals surface area contributed by atoms with Gasteiger partial charge in [0.2, 0.25) is 0 Å². The highest BCUT2D eigenvalue weighted by molar-refractivity contribution is 5.68. The predicted molar refractivity (Wildman–Crippen MR) is 38.1 cm³/mol. The van der Waals surface area contributed by atoms with Crippen LogP contribution in [0.25, 0.3) is 0 Å². The van der Waals surface area contributed by atoms with E-state index in [1.807, 2.05) is 18.7 Å². The summed E-state index contributed by atoms with van der Waals surface area (Å²) in [5.74, 6) is -0.990. The van der Waals surface area contributed by atoms with E-state index >= 15 is 0 Å². The van der Waals surface area contributed by atoms with Gasteiger partial charge >= 0.3 is 5.97 Å². The molecule has 0 saturated carbocycles. The quantitative estimate of drug-likeness (QED) is 0.569. The minimum Gasteiger partial charge on any atom is -0.293 e. The van der Waals surface area contributed by atoms with Crippen molar-refractivity contribution in [2.24, 2.45) is 0 Å². The SMILES string of the molecule is CCCN(CC)CC([O])=O. The van der Waals surface area contributed by atoms with Crippen molar-refractivity contribution < 1.29 is 9.90 Å². The molecule has 0 N–H and O–H groups in total. The maximum Gasteiger partial charge on any atom is 0.369 e. The highest BCUT2D eigenvalue weighted by atomic mass is 16.4. The first-order valence-electron chi connectivity index (χ1n) is 3.62. The second-order valence-electron chi connectivity index (χ2n) is 2.24. The molecule has 0 heterocycles. The Balaban J connectivity index is 3.49. The van der Waals surface area contributed by atoms with Crippen molar-refractivity contribution in [1.82, 2.24) is 4.90 Å². The maximum atomic E-state index is 10.1. The fraction of sp³-hybridized carbons (Fsp3) is 0.857. The summed E-state index contributed by atoms with van der Waals surface area (Å²) in [6, 6.07) is 0. The molecule has 0 aromatic heterocycles. The molecule has 0 aromatic carbocycles. The van der Waals surface area contributed by atoms with E-state index < -0.39 is 5.97 Å². The van der Waals surface area contributed by atoms with Crippen molar-refractivity contribution >= 4 is 5.97 Å². The lowest BCUT2D eigenvalue weighted by Gasteiger charge is -2.15. The molecule has 3 heteroatoms. The minimum atomic E-state index is -0.990. The zero-order valence-electron chi connectivity index (χ0n) is 6.59. The molecule has 0 aliphatic rings. The summed E-state index contributed by atoms with van der Waals surface area (Å²) >= 11 is 0. The summed E-state index contributed by atoms with van der Waals surface area (Å²) in [7, 11) is 0. The molecule has 0 aromatic rings. The Morgan fingerprint density at radius 3 is 2.30 bits per heavy atom. The third-order valence-electron chi connectivity index (χ3n) is 1.34. The minimum absolute atomic E-state index is 0.0599. The second kappa shape index (κ2) is 5.23. The average molecular weight is 144 g/mol. The lowest BCUT2D eigenvalue weighted by Crippen LogP contribution is -2.29. The molecule has 0 aliphatic carbocycles. The van der Waals surface area contributed by atoms with Gasteiger partial charge in [0.1, 0.15) is 6.54 Å². The van der Waals surface area contributed by atoms with Crippen LogP contribution in [-0.2, 0) is 9.90 Å². The van der Waals surface area contributed by atoms with Gasteiger partial charge in [-0.2, -0.15) is 0 Å². The number of hydrogen-bond acceptors (Lipinski definition) is 2. The van der Waals surface area contributed by atoms with Gasteiger partial charge in [0.25, 0.3) is 0 Å². The van der Waals surface area contributed by atoms with Crippen molar-refractivity contribution in [3.8, 4) is 0 Å². The highest BCUT2D eigenvalue weighted by Gasteiger charge is 2.06. The van der Waals surface area contributed by atoms with Gasteiger partial charge in [-0.3, -0.25) is 4.90 Å². The van der Waals surface area contributed by atoms with Crippen LogP contribution >= 0.6 is 0 Å². The van der Waals surface area contributed by atoms with Crippen LogP contribution in [0, 0.1) is 0 Å². The molecule has 0 unspecified atom stereocenters. The summed E-state index contributed by atoms with van der Waals surface area (Å²) < 4.78 is 0. The Labute approximate surface area is 61.6 Å². The molecular formula is C7H14NO2. The van der Waals surface area contributed by atoms with Crippen molar-refractivity contribution in [3.63, 3.8) is 0 Å². The first kappa shape index (κ1) is 9.43. The monoisotopic (exact) mass is 144 g/mol. The van der Waals surface area contributed by atoms with Crippen molar-refractivity contribution in [2.45, 2.75) is 20.3 Å². The van der Waals surface area contributed by atoms with Gasteiger partial charge in [-0.05, 0) is 19.5 Å². The second-order valence-corrected chi connectivity index (χ2v) is 2.24. The fourth-order valence-electron chi connectivity index (χ4n) is 0.848. The first-order chi connectivity index (χ1) is 4.70. The van der Waals surface area contributed by atoms with Gasteiger partial charge in [-0.15, -0.1) is 0 Å². The molecule has 0 bridgehead atoms. The van der Waals surface area contributed by atoms with Gasteiger partial charge in [0, 0.05) is 0 Å². The van der Waals surface area contributed by atoms with Gasteiger partial charge in [0.15, 0.2) is 0 Å².